The number of nitrogens with zero attached hydrogens (tertiary/aromatic N) is 3. The lowest BCUT2D eigenvalue weighted by Crippen LogP contribution is -2.29. The number of rotatable bonds is 4. The van der Waals surface area contributed by atoms with E-state index in [4.69, 9.17) is 9.15 Å². The van der Waals surface area contributed by atoms with E-state index in [0.29, 0.717) is 18.4 Å². The highest BCUT2D eigenvalue weighted by atomic mass is 16.5. The third kappa shape index (κ3) is 2.85. The summed E-state index contributed by atoms with van der Waals surface area (Å²) in [5, 5.41) is 4.27. The van der Waals surface area contributed by atoms with E-state index in [0.717, 1.165) is 47.6 Å². The monoisotopic (exact) mass is 324 g/mol. The van der Waals surface area contributed by atoms with Crippen LogP contribution in [0.4, 0.5) is 0 Å². The summed E-state index contributed by atoms with van der Waals surface area (Å²) in [5.74, 6) is 2.62. The Bertz CT molecular complexity index is 823. The molecule has 0 saturated carbocycles. The molecule has 0 radical (unpaired) electrons. The zero-order valence-electron chi connectivity index (χ0n) is 13.7. The summed E-state index contributed by atoms with van der Waals surface area (Å²) < 4.78 is 11.5. The van der Waals surface area contributed by atoms with Crippen LogP contribution in [-0.4, -0.2) is 34.6 Å². The van der Waals surface area contributed by atoms with Crippen LogP contribution in [-0.2, 0) is 0 Å². The zero-order valence-corrected chi connectivity index (χ0v) is 13.7. The van der Waals surface area contributed by atoms with Crippen LogP contribution in [0.5, 0.6) is 5.88 Å². The topological polar surface area (TPSA) is 73.1 Å². The molecule has 1 atom stereocenters. The molecule has 3 aromatic heterocycles. The molecule has 1 saturated heterocycles. The SMILES string of the molecule is CCOc1nccc2oc(-c3cnc(C4CCCNC4)nc3)cc12. The van der Waals surface area contributed by atoms with Gasteiger partial charge in [0, 0.05) is 37.1 Å². The second-order valence-corrected chi connectivity index (χ2v) is 5.94. The van der Waals surface area contributed by atoms with E-state index in [2.05, 4.69) is 20.3 Å². The van der Waals surface area contributed by atoms with Gasteiger partial charge in [-0.25, -0.2) is 15.0 Å². The summed E-state index contributed by atoms with van der Waals surface area (Å²) in [7, 11) is 0. The van der Waals surface area contributed by atoms with Crippen LogP contribution >= 0.6 is 0 Å². The Balaban J connectivity index is 1.63. The van der Waals surface area contributed by atoms with Crippen molar-refractivity contribution in [2.45, 2.75) is 25.7 Å². The van der Waals surface area contributed by atoms with Gasteiger partial charge in [-0.15, -0.1) is 0 Å². The van der Waals surface area contributed by atoms with Crippen LogP contribution in [0.15, 0.2) is 35.1 Å². The minimum atomic E-state index is 0.400. The Morgan fingerprint density at radius 1 is 1.29 bits per heavy atom. The van der Waals surface area contributed by atoms with Gasteiger partial charge in [0.05, 0.1) is 17.6 Å². The Morgan fingerprint density at radius 3 is 2.92 bits per heavy atom. The number of hydrogen-bond donors (Lipinski definition) is 1. The Morgan fingerprint density at radius 2 is 2.17 bits per heavy atom. The molecule has 4 heterocycles. The molecule has 124 valence electrons. The molecule has 6 nitrogen and oxygen atoms in total. The molecule has 1 N–H and O–H groups in total. The molecule has 0 amide bonds. The summed E-state index contributed by atoms with van der Waals surface area (Å²) in [6, 6.07) is 3.78. The molecule has 1 unspecified atom stereocenters. The first-order valence-corrected chi connectivity index (χ1v) is 8.39. The second-order valence-electron chi connectivity index (χ2n) is 5.94. The zero-order chi connectivity index (χ0) is 16.4. The fourth-order valence-electron chi connectivity index (χ4n) is 3.08. The molecular weight excluding hydrogens is 304 g/mol. The van der Waals surface area contributed by atoms with E-state index in [1.807, 2.05) is 31.5 Å². The van der Waals surface area contributed by atoms with E-state index in [1.165, 1.54) is 6.42 Å². The molecule has 1 fully saturated rings. The van der Waals surface area contributed by atoms with Crippen LogP contribution in [0, 0.1) is 0 Å². The van der Waals surface area contributed by atoms with Gasteiger partial charge in [0.2, 0.25) is 5.88 Å². The van der Waals surface area contributed by atoms with Gasteiger partial charge in [-0.05, 0) is 32.4 Å². The summed E-state index contributed by atoms with van der Waals surface area (Å²) in [6.07, 6.45) is 7.67. The normalized spacial score (nSPS) is 18.0. The number of furan rings is 1. The number of fused-ring (bicyclic) bond motifs is 1. The fourth-order valence-corrected chi connectivity index (χ4v) is 3.08. The van der Waals surface area contributed by atoms with Crippen molar-refractivity contribution in [3.8, 4) is 17.2 Å². The van der Waals surface area contributed by atoms with Crippen molar-refractivity contribution < 1.29 is 9.15 Å². The lowest BCUT2D eigenvalue weighted by Gasteiger charge is -2.21. The van der Waals surface area contributed by atoms with Crippen molar-refractivity contribution in [1.82, 2.24) is 20.3 Å². The number of aromatic nitrogens is 3. The maximum absolute atomic E-state index is 5.91. The third-order valence-corrected chi connectivity index (χ3v) is 4.31. The summed E-state index contributed by atoms with van der Waals surface area (Å²) in [5.41, 5.74) is 1.62. The quantitative estimate of drug-likeness (QED) is 0.795. The van der Waals surface area contributed by atoms with E-state index in [9.17, 15) is 0 Å². The van der Waals surface area contributed by atoms with Gasteiger partial charge in [-0.3, -0.25) is 0 Å². The summed E-state index contributed by atoms with van der Waals surface area (Å²) in [4.78, 5) is 13.4. The lowest BCUT2D eigenvalue weighted by molar-refractivity contribution is 0.331. The molecule has 3 aromatic rings. The molecule has 0 aromatic carbocycles. The average Bonchev–Trinajstić information content (AvgIpc) is 3.08. The average molecular weight is 324 g/mol. The molecule has 0 bridgehead atoms. The van der Waals surface area contributed by atoms with Crippen molar-refractivity contribution in [1.29, 1.82) is 0 Å². The van der Waals surface area contributed by atoms with Crippen molar-refractivity contribution in [2.24, 2.45) is 0 Å². The molecule has 24 heavy (non-hydrogen) atoms. The first-order chi connectivity index (χ1) is 11.8. The van der Waals surface area contributed by atoms with Gasteiger partial charge >= 0.3 is 0 Å². The molecule has 1 aliphatic heterocycles. The first kappa shape index (κ1) is 15.1. The second kappa shape index (κ2) is 6.57. The molecular formula is C18H20N4O2. The predicted molar refractivity (Wildman–Crippen MR) is 91.0 cm³/mol. The summed E-state index contributed by atoms with van der Waals surface area (Å²) in [6.45, 7) is 4.55. The number of pyridine rings is 1. The molecule has 1 aliphatic rings. The predicted octanol–water partition coefficient (Wildman–Crippen LogP) is 3.15. The number of piperidine rings is 1. The number of nitrogens with one attached hydrogen (secondary N) is 1. The highest BCUT2D eigenvalue weighted by Crippen LogP contribution is 2.32. The smallest absolute Gasteiger partial charge is 0.224 e. The molecule has 0 spiro atoms. The highest BCUT2D eigenvalue weighted by molar-refractivity contribution is 5.86. The standard InChI is InChI=1S/C18H20N4O2/c1-2-23-18-14-8-16(24-15(14)5-7-20-18)13-10-21-17(22-11-13)12-4-3-6-19-9-12/h5,7-8,10-12,19H,2-4,6,9H2,1H3. The van der Waals surface area contributed by atoms with E-state index in [1.54, 1.807) is 6.20 Å². The lowest BCUT2D eigenvalue weighted by atomic mass is 9.99. The van der Waals surface area contributed by atoms with Crippen LogP contribution in [0.3, 0.4) is 0 Å². The third-order valence-electron chi connectivity index (χ3n) is 4.31. The Kier molecular flexibility index (Phi) is 4.13. The van der Waals surface area contributed by atoms with Gasteiger partial charge in [0.15, 0.2) is 0 Å². The van der Waals surface area contributed by atoms with Crippen LogP contribution < -0.4 is 10.1 Å². The van der Waals surface area contributed by atoms with Crippen molar-refractivity contribution in [2.75, 3.05) is 19.7 Å². The minimum absolute atomic E-state index is 0.400. The molecule has 0 aliphatic carbocycles. The number of ether oxygens (including phenoxy) is 1. The van der Waals surface area contributed by atoms with E-state index in [-0.39, 0.29) is 0 Å². The van der Waals surface area contributed by atoms with Crippen LogP contribution in [0.25, 0.3) is 22.3 Å². The molecule has 6 heteroatoms. The van der Waals surface area contributed by atoms with Gasteiger partial charge in [-0.2, -0.15) is 0 Å². The Labute approximate surface area is 140 Å². The highest BCUT2D eigenvalue weighted by Gasteiger charge is 2.18. The largest absolute Gasteiger partial charge is 0.477 e. The van der Waals surface area contributed by atoms with Gasteiger partial charge in [0.1, 0.15) is 17.2 Å². The van der Waals surface area contributed by atoms with Crippen molar-refractivity contribution >= 4 is 11.0 Å². The van der Waals surface area contributed by atoms with E-state index >= 15 is 0 Å². The van der Waals surface area contributed by atoms with Crippen LogP contribution in [0.2, 0.25) is 0 Å². The van der Waals surface area contributed by atoms with Gasteiger partial charge in [0.25, 0.3) is 0 Å². The fraction of sp³-hybridized carbons (Fsp3) is 0.389. The molecule has 4 rings (SSSR count). The maximum atomic E-state index is 5.91. The van der Waals surface area contributed by atoms with Gasteiger partial charge < -0.3 is 14.5 Å². The summed E-state index contributed by atoms with van der Waals surface area (Å²) >= 11 is 0. The van der Waals surface area contributed by atoms with Crippen LogP contribution in [0.1, 0.15) is 31.5 Å². The van der Waals surface area contributed by atoms with Gasteiger partial charge in [-0.1, -0.05) is 0 Å². The van der Waals surface area contributed by atoms with Crippen molar-refractivity contribution in [3.63, 3.8) is 0 Å². The minimum Gasteiger partial charge on any atom is -0.477 e. The van der Waals surface area contributed by atoms with E-state index < -0.39 is 0 Å². The number of hydrogen-bond acceptors (Lipinski definition) is 6. The Hall–Kier alpha value is -2.47. The van der Waals surface area contributed by atoms with Crippen molar-refractivity contribution in [3.05, 3.63) is 36.5 Å². The maximum Gasteiger partial charge on any atom is 0.224 e. The first-order valence-electron chi connectivity index (χ1n) is 8.39.